The molecule has 0 saturated carbocycles. The highest BCUT2D eigenvalue weighted by Crippen LogP contribution is 2.19. The van der Waals surface area contributed by atoms with Gasteiger partial charge in [0.2, 0.25) is 0 Å². The fourth-order valence-corrected chi connectivity index (χ4v) is 2.06. The molecule has 2 rings (SSSR count). The van der Waals surface area contributed by atoms with Crippen molar-refractivity contribution in [2.45, 2.75) is 12.3 Å². The lowest BCUT2D eigenvalue weighted by atomic mass is 10.2. The molecule has 0 unspecified atom stereocenters. The maximum atomic E-state index is 12.0. The molecule has 3 nitrogen and oxygen atoms in total. The summed E-state index contributed by atoms with van der Waals surface area (Å²) in [5, 5.41) is 3.58. The molecule has 0 aliphatic heterocycles. The van der Waals surface area contributed by atoms with Crippen molar-refractivity contribution in [1.29, 1.82) is 0 Å². The minimum absolute atomic E-state index is 0.148. The van der Waals surface area contributed by atoms with Gasteiger partial charge in [-0.2, -0.15) is 0 Å². The van der Waals surface area contributed by atoms with E-state index >= 15 is 0 Å². The first kappa shape index (κ1) is 11.9. The standard InChI is InChI=1S/C13H12BrNO2/c1-9-11(6-7-17-9)13(16)15-12-5-3-2-4-10(12)8-14/h2-7H,8H2,1H3,(H,15,16). The zero-order valence-electron chi connectivity index (χ0n) is 9.37. The van der Waals surface area contributed by atoms with E-state index in [1.165, 1.54) is 6.26 Å². The van der Waals surface area contributed by atoms with Gasteiger partial charge in [0.05, 0.1) is 11.8 Å². The molecule has 0 bridgehead atoms. The van der Waals surface area contributed by atoms with Gasteiger partial charge in [-0.25, -0.2) is 0 Å². The number of hydrogen-bond acceptors (Lipinski definition) is 2. The molecule has 1 aromatic carbocycles. The summed E-state index contributed by atoms with van der Waals surface area (Å²) in [6.45, 7) is 1.77. The first-order chi connectivity index (χ1) is 8.22. The molecule has 0 spiro atoms. The topological polar surface area (TPSA) is 42.2 Å². The van der Waals surface area contributed by atoms with Gasteiger partial charge in [-0.05, 0) is 24.6 Å². The molecule has 1 aromatic heterocycles. The van der Waals surface area contributed by atoms with E-state index in [4.69, 9.17) is 4.42 Å². The molecule has 1 amide bonds. The number of halogens is 1. The van der Waals surface area contributed by atoms with Gasteiger partial charge in [0.25, 0.3) is 5.91 Å². The van der Waals surface area contributed by atoms with Crippen molar-refractivity contribution in [2.75, 3.05) is 5.32 Å². The average Bonchev–Trinajstić information content (AvgIpc) is 2.76. The molecule has 4 heteroatoms. The summed E-state index contributed by atoms with van der Waals surface area (Å²) in [5.74, 6) is 0.475. The fraction of sp³-hybridized carbons (Fsp3) is 0.154. The second-order valence-corrected chi connectivity index (χ2v) is 4.20. The van der Waals surface area contributed by atoms with E-state index in [-0.39, 0.29) is 5.91 Å². The Morgan fingerprint density at radius 1 is 1.35 bits per heavy atom. The molecule has 0 radical (unpaired) electrons. The highest BCUT2D eigenvalue weighted by atomic mass is 79.9. The highest BCUT2D eigenvalue weighted by molar-refractivity contribution is 9.08. The molecule has 17 heavy (non-hydrogen) atoms. The van der Waals surface area contributed by atoms with E-state index < -0.39 is 0 Å². The molecule has 1 N–H and O–H groups in total. The van der Waals surface area contributed by atoms with Gasteiger partial charge in [0, 0.05) is 11.0 Å². The van der Waals surface area contributed by atoms with Crippen LogP contribution < -0.4 is 5.32 Å². The van der Waals surface area contributed by atoms with Gasteiger partial charge in [0.15, 0.2) is 0 Å². The van der Waals surface area contributed by atoms with Crippen molar-refractivity contribution in [3.63, 3.8) is 0 Å². The molecule has 0 aliphatic rings. The van der Waals surface area contributed by atoms with Crippen LogP contribution in [0.3, 0.4) is 0 Å². The number of aryl methyl sites for hydroxylation is 1. The van der Waals surface area contributed by atoms with E-state index in [1.807, 2.05) is 24.3 Å². The lowest BCUT2D eigenvalue weighted by molar-refractivity contribution is 0.102. The average molecular weight is 294 g/mol. The number of nitrogens with one attached hydrogen (secondary N) is 1. The van der Waals surface area contributed by atoms with Crippen molar-refractivity contribution < 1.29 is 9.21 Å². The number of anilines is 1. The van der Waals surface area contributed by atoms with E-state index in [2.05, 4.69) is 21.2 Å². The Kier molecular flexibility index (Phi) is 3.64. The molecule has 1 heterocycles. The van der Waals surface area contributed by atoms with Crippen LogP contribution in [0.25, 0.3) is 0 Å². The molecular weight excluding hydrogens is 282 g/mol. The predicted octanol–water partition coefficient (Wildman–Crippen LogP) is 3.74. The maximum absolute atomic E-state index is 12.0. The second kappa shape index (κ2) is 5.19. The summed E-state index contributed by atoms with van der Waals surface area (Å²) in [6.07, 6.45) is 1.51. The van der Waals surface area contributed by atoms with Crippen molar-refractivity contribution in [1.82, 2.24) is 0 Å². The summed E-state index contributed by atoms with van der Waals surface area (Å²) in [4.78, 5) is 12.0. The summed E-state index contributed by atoms with van der Waals surface area (Å²) >= 11 is 3.39. The Bertz CT molecular complexity index is 534. The van der Waals surface area contributed by atoms with Crippen LogP contribution in [0.2, 0.25) is 0 Å². The van der Waals surface area contributed by atoms with Crippen LogP contribution in [0.5, 0.6) is 0 Å². The highest BCUT2D eigenvalue weighted by Gasteiger charge is 2.12. The van der Waals surface area contributed by atoms with Gasteiger partial charge < -0.3 is 9.73 Å². The predicted molar refractivity (Wildman–Crippen MR) is 70.5 cm³/mol. The van der Waals surface area contributed by atoms with E-state index in [1.54, 1.807) is 13.0 Å². The smallest absolute Gasteiger partial charge is 0.259 e. The van der Waals surface area contributed by atoms with Gasteiger partial charge in [-0.15, -0.1) is 0 Å². The third-order valence-electron chi connectivity index (χ3n) is 2.51. The van der Waals surface area contributed by atoms with Crippen LogP contribution in [0.15, 0.2) is 41.0 Å². The van der Waals surface area contributed by atoms with Crippen molar-refractivity contribution >= 4 is 27.5 Å². The number of carbonyl (C=O) groups excluding carboxylic acids is 1. The minimum Gasteiger partial charge on any atom is -0.469 e. The molecule has 0 atom stereocenters. The number of para-hydroxylation sites is 1. The number of hydrogen-bond donors (Lipinski definition) is 1. The van der Waals surface area contributed by atoms with Crippen LogP contribution in [-0.2, 0) is 5.33 Å². The molecule has 0 fully saturated rings. The third-order valence-corrected chi connectivity index (χ3v) is 3.12. The van der Waals surface area contributed by atoms with Crippen molar-refractivity contribution in [3.8, 4) is 0 Å². The van der Waals surface area contributed by atoms with Crippen LogP contribution in [0, 0.1) is 6.92 Å². The Morgan fingerprint density at radius 3 is 2.76 bits per heavy atom. The maximum Gasteiger partial charge on any atom is 0.259 e. The number of furan rings is 1. The van der Waals surface area contributed by atoms with Crippen LogP contribution in [0.4, 0.5) is 5.69 Å². The Labute approximate surface area is 108 Å². The first-order valence-corrected chi connectivity index (χ1v) is 6.34. The van der Waals surface area contributed by atoms with Gasteiger partial charge in [0.1, 0.15) is 5.76 Å². The lowest BCUT2D eigenvalue weighted by Gasteiger charge is -2.08. The zero-order valence-corrected chi connectivity index (χ0v) is 11.0. The number of amides is 1. The summed E-state index contributed by atoms with van der Waals surface area (Å²) in [6, 6.07) is 9.34. The first-order valence-electron chi connectivity index (χ1n) is 5.21. The largest absolute Gasteiger partial charge is 0.469 e. The van der Waals surface area contributed by atoms with E-state index in [9.17, 15) is 4.79 Å². The summed E-state index contributed by atoms with van der Waals surface area (Å²) in [5.41, 5.74) is 2.42. The molecule has 0 aliphatic carbocycles. The van der Waals surface area contributed by atoms with Crippen molar-refractivity contribution in [3.05, 3.63) is 53.5 Å². The quantitative estimate of drug-likeness (QED) is 0.876. The van der Waals surface area contributed by atoms with Gasteiger partial charge in [-0.3, -0.25) is 4.79 Å². The number of carbonyl (C=O) groups is 1. The Balaban J connectivity index is 2.22. The lowest BCUT2D eigenvalue weighted by Crippen LogP contribution is -2.13. The third kappa shape index (κ3) is 2.58. The van der Waals surface area contributed by atoms with Gasteiger partial charge in [-0.1, -0.05) is 34.1 Å². The number of benzene rings is 1. The fourth-order valence-electron chi connectivity index (χ4n) is 1.57. The normalized spacial score (nSPS) is 10.2. The molecule has 88 valence electrons. The SMILES string of the molecule is Cc1occc1C(=O)Nc1ccccc1CBr. The van der Waals surface area contributed by atoms with Gasteiger partial charge >= 0.3 is 0 Å². The Hall–Kier alpha value is -1.55. The Morgan fingerprint density at radius 2 is 2.12 bits per heavy atom. The summed E-state index contributed by atoms with van der Waals surface area (Å²) < 4.78 is 5.11. The van der Waals surface area contributed by atoms with Crippen LogP contribution in [-0.4, -0.2) is 5.91 Å². The zero-order chi connectivity index (χ0) is 12.3. The monoisotopic (exact) mass is 293 g/mol. The van der Waals surface area contributed by atoms with E-state index in [0.29, 0.717) is 16.7 Å². The van der Waals surface area contributed by atoms with Crippen molar-refractivity contribution in [2.24, 2.45) is 0 Å². The molecule has 0 saturated heterocycles. The minimum atomic E-state index is -0.148. The number of alkyl halides is 1. The summed E-state index contributed by atoms with van der Waals surface area (Å²) in [7, 11) is 0. The molecular formula is C13H12BrNO2. The number of rotatable bonds is 3. The van der Waals surface area contributed by atoms with Crippen LogP contribution >= 0.6 is 15.9 Å². The second-order valence-electron chi connectivity index (χ2n) is 3.64. The van der Waals surface area contributed by atoms with E-state index in [0.717, 1.165) is 11.3 Å². The molecule has 2 aromatic rings. The van der Waals surface area contributed by atoms with Crippen LogP contribution in [0.1, 0.15) is 21.7 Å².